The molecule has 0 saturated carbocycles. The summed E-state index contributed by atoms with van der Waals surface area (Å²) >= 11 is 0. The summed E-state index contributed by atoms with van der Waals surface area (Å²) in [6.07, 6.45) is 2.79. The first-order valence-electron chi connectivity index (χ1n) is 6.97. The average molecular weight is 284 g/mol. The number of aromatic nitrogens is 3. The fourth-order valence-electron chi connectivity index (χ4n) is 1.38. The summed E-state index contributed by atoms with van der Waals surface area (Å²) in [6.45, 7) is 6.87. The number of hydrazine groups is 1. The van der Waals surface area contributed by atoms with Gasteiger partial charge in [-0.1, -0.05) is 13.8 Å². The molecule has 1 heterocycles. The van der Waals surface area contributed by atoms with Gasteiger partial charge in [-0.15, -0.1) is 0 Å². The highest BCUT2D eigenvalue weighted by atomic mass is 16.5. The van der Waals surface area contributed by atoms with E-state index < -0.39 is 0 Å². The zero-order valence-electron chi connectivity index (χ0n) is 12.2. The molecule has 0 unspecified atom stereocenters. The van der Waals surface area contributed by atoms with Crippen molar-refractivity contribution in [3.05, 3.63) is 0 Å². The van der Waals surface area contributed by atoms with Crippen molar-refractivity contribution in [2.45, 2.75) is 33.1 Å². The normalized spacial score (nSPS) is 10.3. The lowest BCUT2D eigenvalue weighted by atomic mass is 10.4. The molecular weight excluding hydrogens is 260 g/mol. The van der Waals surface area contributed by atoms with E-state index in [4.69, 9.17) is 15.3 Å². The molecular formula is C12H24N6O2. The number of anilines is 2. The highest BCUT2D eigenvalue weighted by Gasteiger charge is 2.06. The predicted octanol–water partition coefficient (Wildman–Crippen LogP) is 1.17. The summed E-state index contributed by atoms with van der Waals surface area (Å²) in [6, 6.07) is 0.263. The molecule has 0 aliphatic carbocycles. The van der Waals surface area contributed by atoms with Crippen LogP contribution in [0, 0.1) is 0 Å². The van der Waals surface area contributed by atoms with Gasteiger partial charge in [-0.2, -0.15) is 15.0 Å². The Hall–Kier alpha value is -1.67. The SMILES string of the molecule is CCCOCCCNc1nc(NN)nc(OCCC)n1. The van der Waals surface area contributed by atoms with Crippen molar-refractivity contribution >= 4 is 11.9 Å². The van der Waals surface area contributed by atoms with Crippen molar-refractivity contribution in [2.24, 2.45) is 5.84 Å². The molecule has 8 heteroatoms. The molecule has 1 aromatic heterocycles. The van der Waals surface area contributed by atoms with Crippen LogP contribution in [-0.4, -0.2) is 41.3 Å². The van der Waals surface area contributed by atoms with E-state index in [0.717, 1.165) is 25.9 Å². The standard InChI is InChI=1S/C12H24N6O2/c1-3-7-19-9-5-6-14-10-15-11(18-13)17-12(16-10)20-8-4-2/h3-9,13H2,1-2H3,(H2,14,15,16,17,18). The van der Waals surface area contributed by atoms with Gasteiger partial charge < -0.3 is 14.8 Å². The lowest BCUT2D eigenvalue weighted by molar-refractivity contribution is 0.134. The van der Waals surface area contributed by atoms with Crippen molar-refractivity contribution in [3.8, 4) is 6.01 Å². The van der Waals surface area contributed by atoms with Crippen molar-refractivity contribution in [1.82, 2.24) is 15.0 Å². The molecule has 0 aliphatic heterocycles. The minimum absolute atomic E-state index is 0.263. The Kier molecular flexibility index (Phi) is 8.32. The number of rotatable bonds is 11. The van der Waals surface area contributed by atoms with Gasteiger partial charge in [0.1, 0.15) is 0 Å². The summed E-state index contributed by atoms with van der Waals surface area (Å²) in [5.74, 6) is 6.03. The summed E-state index contributed by atoms with van der Waals surface area (Å²) in [7, 11) is 0. The third kappa shape index (κ3) is 6.48. The van der Waals surface area contributed by atoms with Crippen LogP contribution in [0.3, 0.4) is 0 Å². The molecule has 1 aromatic rings. The zero-order valence-corrected chi connectivity index (χ0v) is 12.2. The molecule has 1 rings (SSSR count). The Morgan fingerprint density at radius 1 is 1.00 bits per heavy atom. The Balaban J connectivity index is 2.42. The molecule has 0 amide bonds. The number of hydrogen-bond acceptors (Lipinski definition) is 8. The first-order chi connectivity index (χ1) is 9.80. The van der Waals surface area contributed by atoms with Gasteiger partial charge in [0.25, 0.3) is 0 Å². The molecule has 0 aliphatic rings. The van der Waals surface area contributed by atoms with E-state index >= 15 is 0 Å². The predicted molar refractivity (Wildman–Crippen MR) is 77.6 cm³/mol. The number of hydrogen-bond donors (Lipinski definition) is 3. The van der Waals surface area contributed by atoms with Crippen LogP contribution < -0.4 is 21.3 Å². The topological polar surface area (TPSA) is 107 Å². The van der Waals surface area contributed by atoms with E-state index in [1.54, 1.807) is 0 Å². The maximum absolute atomic E-state index is 5.39. The smallest absolute Gasteiger partial charge is 0.323 e. The molecule has 4 N–H and O–H groups in total. The van der Waals surface area contributed by atoms with E-state index in [-0.39, 0.29) is 12.0 Å². The van der Waals surface area contributed by atoms with Gasteiger partial charge in [-0.05, 0) is 19.3 Å². The van der Waals surface area contributed by atoms with E-state index in [1.807, 2.05) is 6.92 Å². The molecule has 0 spiro atoms. The second-order valence-corrected chi connectivity index (χ2v) is 4.15. The molecule has 8 nitrogen and oxygen atoms in total. The highest BCUT2D eigenvalue weighted by molar-refractivity contribution is 5.34. The van der Waals surface area contributed by atoms with Gasteiger partial charge in [0.2, 0.25) is 11.9 Å². The first-order valence-corrected chi connectivity index (χ1v) is 6.97. The van der Waals surface area contributed by atoms with Crippen molar-refractivity contribution in [1.29, 1.82) is 0 Å². The van der Waals surface area contributed by atoms with Crippen molar-refractivity contribution < 1.29 is 9.47 Å². The molecule has 0 atom stereocenters. The van der Waals surface area contributed by atoms with Crippen LogP contribution in [0.25, 0.3) is 0 Å². The van der Waals surface area contributed by atoms with Gasteiger partial charge in [0, 0.05) is 19.8 Å². The van der Waals surface area contributed by atoms with Gasteiger partial charge >= 0.3 is 6.01 Å². The Bertz CT molecular complexity index is 377. The van der Waals surface area contributed by atoms with E-state index in [1.165, 1.54) is 0 Å². The van der Waals surface area contributed by atoms with E-state index in [0.29, 0.717) is 25.7 Å². The lowest BCUT2D eigenvalue weighted by Crippen LogP contribution is -2.15. The molecule has 0 saturated heterocycles. The molecule has 20 heavy (non-hydrogen) atoms. The zero-order chi connectivity index (χ0) is 14.6. The summed E-state index contributed by atoms with van der Waals surface area (Å²) in [5.41, 5.74) is 2.40. The average Bonchev–Trinajstić information content (AvgIpc) is 2.48. The fraction of sp³-hybridized carbons (Fsp3) is 0.750. The summed E-state index contributed by atoms with van der Waals surface area (Å²) in [4.78, 5) is 12.3. The number of nitrogens with two attached hydrogens (primary N) is 1. The van der Waals surface area contributed by atoms with Crippen molar-refractivity contribution in [2.75, 3.05) is 37.1 Å². The quantitative estimate of drug-likeness (QED) is 0.316. The van der Waals surface area contributed by atoms with Gasteiger partial charge in [-0.25, -0.2) is 5.84 Å². The maximum atomic E-state index is 5.39. The summed E-state index contributed by atoms with van der Waals surface area (Å²) < 4.78 is 10.8. The fourth-order valence-corrected chi connectivity index (χ4v) is 1.38. The first kappa shape index (κ1) is 16.4. The second kappa shape index (κ2) is 10.2. The van der Waals surface area contributed by atoms with Crippen molar-refractivity contribution in [3.63, 3.8) is 0 Å². The minimum atomic E-state index is 0.263. The summed E-state index contributed by atoms with van der Waals surface area (Å²) in [5, 5.41) is 3.10. The third-order valence-corrected chi connectivity index (χ3v) is 2.28. The number of nitrogens with zero attached hydrogens (tertiary/aromatic N) is 3. The van der Waals surface area contributed by atoms with Crippen LogP contribution in [0.4, 0.5) is 11.9 Å². The number of ether oxygens (including phenoxy) is 2. The van der Waals surface area contributed by atoms with E-state index in [9.17, 15) is 0 Å². The van der Waals surface area contributed by atoms with Crippen LogP contribution in [0.2, 0.25) is 0 Å². The molecule has 114 valence electrons. The maximum Gasteiger partial charge on any atom is 0.323 e. The third-order valence-electron chi connectivity index (χ3n) is 2.28. The van der Waals surface area contributed by atoms with E-state index in [2.05, 4.69) is 32.6 Å². The van der Waals surface area contributed by atoms with Gasteiger partial charge in [-0.3, -0.25) is 5.43 Å². The largest absolute Gasteiger partial charge is 0.463 e. The minimum Gasteiger partial charge on any atom is -0.463 e. The Labute approximate surface area is 119 Å². The molecule has 0 radical (unpaired) electrons. The van der Waals surface area contributed by atoms with Gasteiger partial charge in [0.15, 0.2) is 0 Å². The highest BCUT2D eigenvalue weighted by Crippen LogP contribution is 2.10. The number of nitrogens with one attached hydrogen (secondary N) is 2. The Morgan fingerprint density at radius 2 is 1.75 bits per heavy atom. The van der Waals surface area contributed by atoms with Crippen LogP contribution in [-0.2, 0) is 4.74 Å². The monoisotopic (exact) mass is 284 g/mol. The Morgan fingerprint density at radius 3 is 2.45 bits per heavy atom. The second-order valence-electron chi connectivity index (χ2n) is 4.15. The van der Waals surface area contributed by atoms with Crippen LogP contribution in [0.15, 0.2) is 0 Å². The van der Waals surface area contributed by atoms with Crippen LogP contribution in [0.5, 0.6) is 6.01 Å². The number of nitrogen functional groups attached to an aromatic ring is 1. The van der Waals surface area contributed by atoms with Crippen LogP contribution >= 0.6 is 0 Å². The molecule has 0 aromatic carbocycles. The molecule has 0 bridgehead atoms. The molecule has 0 fully saturated rings. The van der Waals surface area contributed by atoms with Crippen LogP contribution in [0.1, 0.15) is 33.1 Å². The lowest BCUT2D eigenvalue weighted by Gasteiger charge is -2.09. The van der Waals surface area contributed by atoms with Gasteiger partial charge in [0.05, 0.1) is 6.61 Å².